The van der Waals surface area contributed by atoms with Crippen molar-refractivity contribution in [2.75, 3.05) is 39.8 Å². The molecule has 4 aliphatic rings. The average molecular weight is 466 g/mol. The number of pyridine rings is 1. The van der Waals surface area contributed by atoms with Crippen LogP contribution < -0.4 is 4.74 Å². The molecule has 3 atom stereocenters. The van der Waals surface area contributed by atoms with Gasteiger partial charge in [-0.3, -0.25) is 9.88 Å². The Labute approximate surface area is 201 Å². The van der Waals surface area contributed by atoms with Crippen LogP contribution in [0, 0.1) is 11.7 Å². The van der Waals surface area contributed by atoms with Gasteiger partial charge >= 0.3 is 0 Å². The van der Waals surface area contributed by atoms with E-state index in [1.807, 2.05) is 0 Å². The summed E-state index contributed by atoms with van der Waals surface area (Å²) < 4.78 is 19.8. The smallest absolute Gasteiger partial charge is 0.144 e. The number of methoxy groups -OCH3 is 1. The van der Waals surface area contributed by atoms with Gasteiger partial charge in [0.15, 0.2) is 0 Å². The molecule has 2 saturated heterocycles. The number of halogens is 1. The van der Waals surface area contributed by atoms with Crippen molar-refractivity contribution in [1.82, 2.24) is 14.8 Å². The van der Waals surface area contributed by atoms with Gasteiger partial charge in [0.1, 0.15) is 11.6 Å². The second-order valence-corrected chi connectivity index (χ2v) is 11.0. The summed E-state index contributed by atoms with van der Waals surface area (Å²) in [6, 6.07) is 9.80. The zero-order chi connectivity index (χ0) is 23.3. The number of ether oxygens (including phenoxy) is 1. The zero-order valence-electron chi connectivity index (χ0n) is 20.2. The van der Waals surface area contributed by atoms with Gasteiger partial charge in [-0.2, -0.15) is 0 Å². The van der Waals surface area contributed by atoms with Gasteiger partial charge in [0.25, 0.3) is 0 Å². The number of aromatic nitrogens is 1. The van der Waals surface area contributed by atoms with Crippen LogP contribution in [0.3, 0.4) is 0 Å². The van der Waals surface area contributed by atoms with E-state index in [-0.39, 0.29) is 17.3 Å². The Kier molecular flexibility index (Phi) is 5.66. The molecule has 1 aromatic carbocycles. The first-order valence-electron chi connectivity index (χ1n) is 13.0. The van der Waals surface area contributed by atoms with Crippen molar-refractivity contribution in [3.63, 3.8) is 0 Å². The Hall–Kier alpha value is -2.02. The molecule has 2 aliphatic carbocycles. The van der Waals surface area contributed by atoms with Gasteiger partial charge in [0, 0.05) is 43.7 Å². The van der Waals surface area contributed by atoms with Crippen molar-refractivity contribution >= 4 is 0 Å². The van der Waals surface area contributed by atoms with Gasteiger partial charge < -0.3 is 14.7 Å². The highest BCUT2D eigenvalue weighted by Crippen LogP contribution is 2.56. The highest BCUT2D eigenvalue weighted by atomic mass is 19.1. The Balaban J connectivity index is 1.31. The number of fused-ring (bicyclic) bond motifs is 1. The molecule has 1 N–H and O–H groups in total. The summed E-state index contributed by atoms with van der Waals surface area (Å²) in [6.07, 6.45) is 8.48. The lowest BCUT2D eigenvalue weighted by Crippen LogP contribution is -2.71. The van der Waals surface area contributed by atoms with Gasteiger partial charge in [0.05, 0.1) is 18.4 Å². The average Bonchev–Trinajstić information content (AvgIpc) is 3.67. The van der Waals surface area contributed by atoms with E-state index in [1.165, 1.54) is 30.0 Å². The maximum Gasteiger partial charge on any atom is 0.144 e. The van der Waals surface area contributed by atoms with Gasteiger partial charge in [-0.1, -0.05) is 6.07 Å². The van der Waals surface area contributed by atoms with E-state index in [1.54, 1.807) is 19.4 Å². The van der Waals surface area contributed by atoms with Crippen LogP contribution in [0.25, 0.3) is 0 Å². The van der Waals surface area contributed by atoms with Crippen LogP contribution in [0.1, 0.15) is 48.9 Å². The summed E-state index contributed by atoms with van der Waals surface area (Å²) in [4.78, 5) is 9.27. The lowest BCUT2D eigenvalue weighted by molar-refractivity contribution is -0.149. The first kappa shape index (κ1) is 22.4. The van der Waals surface area contributed by atoms with Crippen LogP contribution in [-0.2, 0) is 18.3 Å². The van der Waals surface area contributed by atoms with Gasteiger partial charge in [-0.05, 0) is 92.9 Å². The molecule has 1 aromatic heterocycles. The Morgan fingerprint density at radius 2 is 1.97 bits per heavy atom. The minimum Gasteiger partial charge on any atom is -0.497 e. The number of nitrogens with zero attached hydrogens (tertiary/aromatic N) is 3. The fourth-order valence-electron chi connectivity index (χ4n) is 7.12. The quantitative estimate of drug-likeness (QED) is 0.707. The monoisotopic (exact) mass is 465 g/mol. The van der Waals surface area contributed by atoms with E-state index in [0.29, 0.717) is 12.1 Å². The molecule has 0 spiro atoms. The molecule has 2 bridgehead atoms. The van der Waals surface area contributed by atoms with E-state index >= 15 is 0 Å². The Morgan fingerprint density at radius 3 is 2.76 bits per heavy atom. The number of hydrogen-bond acceptors (Lipinski definition) is 5. The molecule has 6 rings (SSSR count). The fraction of sp³-hybridized carbons (Fsp3) is 0.607. The minimum atomic E-state index is -0.759. The molecule has 3 unspecified atom stereocenters. The SMILES string of the molecule is COc1ccc2c(c1)C13CCN(CCc4ncccc4F)CCC1(O)C(C2)N(CC1CC1)CC3. The summed E-state index contributed by atoms with van der Waals surface area (Å²) in [7, 11) is 1.72. The van der Waals surface area contributed by atoms with Crippen LogP contribution in [0.5, 0.6) is 5.75 Å². The molecular formula is C28H36FN3O2. The lowest BCUT2D eigenvalue weighted by Gasteiger charge is -2.61. The first-order chi connectivity index (χ1) is 16.5. The Morgan fingerprint density at radius 1 is 1.15 bits per heavy atom. The minimum absolute atomic E-state index is 0.163. The summed E-state index contributed by atoms with van der Waals surface area (Å²) >= 11 is 0. The number of rotatable bonds is 6. The van der Waals surface area contributed by atoms with E-state index in [4.69, 9.17) is 4.74 Å². The van der Waals surface area contributed by atoms with Crippen molar-refractivity contribution in [2.24, 2.45) is 5.92 Å². The van der Waals surface area contributed by atoms with Crippen LogP contribution in [0.15, 0.2) is 36.5 Å². The summed E-state index contributed by atoms with van der Waals surface area (Å²) in [6.45, 7) is 4.68. The van der Waals surface area contributed by atoms with Crippen LogP contribution in [0.4, 0.5) is 4.39 Å². The van der Waals surface area contributed by atoms with Crippen molar-refractivity contribution in [1.29, 1.82) is 0 Å². The molecule has 5 nitrogen and oxygen atoms in total. The molecule has 182 valence electrons. The molecule has 34 heavy (non-hydrogen) atoms. The third-order valence-electron chi connectivity index (χ3n) is 9.25. The molecule has 2 aliphatic heterocycles. The van der Waals surface area contributed by atoms with Crippen LogP contribution in [0.2, 0.25) is 0 Å². The second-order valence-electron chi connectivity index (χ2n) is 11.0. The molecule has 2 aromatic rings. The largest absolute Gasteiger partial charge is 0.497 e. The molecule has 3 heterocycles. The van der Waals surface area contributed by atoms with Crippen LogP contribution in [-0.4, -0.2) is 71.4 Å². The topological polar surface area (TPSA) is 48.8 Å². The van der Waals surface area contributed by atoms with E-state index in [0.717, 1.165) is 70.1 Å². The Bertz CT molecular complexity index is 1060. The number of piperidine rings is 1. The molecular weight excluding hydrogens is 429 g/mol. The first-order valence-corrected chi connectivity index (χ1v) is 13.0. The van der Waals surface area contributed by atoms with Gasteiger partial charge in [-0.15, -0.1) is 0 Å². The van der Waals surface area contributed by atoms with E-state index in [9.17, 15) is 9.50 Å². The molecule has 3 fully saturated rings. The molecule has 6 heteroatoms. The number of benzene rings is 1. The molecule has 1 saturated carbocycles. The molecule has 0 radical (unpaired) electrons. The normalized spacial score (nSPS) is 31.4. The van der Waals surface area contributed by atoms with Crippen molar-refractivity contribution in [3.8, 4) is 5.75 Å². The highest BCUT2D eigenvalue weighted by molar-refractivity contribution is 5.48. The number of hydrogen-bond donors (Lipinski definition) is 1. The summed E-state index contributed by atoms with van der Waals surface area (Å²) in [5.41, 5.74) is 2.19. The second kappa shape index (κ2) is 8.58. The van der Waals surface area contributed by atoms with Crippen molar-refractivity contribution < 1.29 is 14.2 Å². The highest BCUT2D eigenvalue weighted by Gasteiger charge is 2.63. The van der Waals surface area contributed by atoms with Gasteiger partial charge in [0.2, 0.25) is 0 Å². The lowest BCUT2D eigenvalue weighted by atomic mass is 9.52. The zero-order valence-corrected chi connectivity index (χ0v) is 20.2. The summed E-state index contributed by atoms with van der Waals surface area (Å²) in [5, 5.41) is 12.6. The predicted octanol–water partition coefficient (Wildman–Crippen LogP) is 3.58. The van der Waals surface area contributed by atoms with Gasteiger partial charge in [-0.25, -0.2) is 4.39 Å². The third-order valence-corrected chi connectivity index (χ3v) is 9.25. The van der Waals surface area contributed by atoms with Crippen molar-refractivity contribution in [3.05, 3.63) is 59.2 Å². The van der Waals surface area contributed by atoms with E-state index < -0.39 is 5.60 Å². The number of aliphatic hydroxyl groups is 1. The third kappa shape index (κ3) is 3.66. The van der Waals surface area contributed by atoms with Crippen LogP contribution >= 0.6 is 0 Å². The maximum atomic E-state index is 14.2. The van der Waals surface area contributed by atoms with Crippen molar-refractivity contribution in [2.45, 2.75) is 62.0 Å². The predicted molar refractivity (Wildman–Crippen MR) is 130 cm³/mol. The maximum absolute atomic E-state index is 14.2. The van der Waals surface area contributed by atoms with E-state index in [2.05, 4.69) is 33.0 Å². The summed E-state index contributed by atoms with van der Waals surface area (Å²) in [5.74, 6) is 1.46. The standard InChI is InChI=1S/C28H36FN3O2/c1-34-22-7-6-21-17-26-28(33)11-15-31(13-8-25-24(29)3-2-12-30-25)14-9-27(28,23(21)18-22)10-16-32(26)19-20-4-5-20/h2-3,6-7,12,18,20,26,33H,4-5,8-11,13-17,19H2,1H3. The fourth-order valence-corrected chi connectivity index (χ4v) is 7.12. The number of likely N-dealkylation sites (tertiary alicyclic amines) is 2. The molecule has 0 amide bonds.